The van der Waals surface area contributed by atoms with Crippen molar-refractivity contribution < 1.29 is 0 Å². The largest absolute Gasteiger partial charge is 0.380 e. The van der Waals surface area contributed by atoms with E-state index >= 15 is 0 Å². The van der Waals surface area contributed by atoms with E-state index in [0.29, 0.717) is 6.54 Å². The molecule has 2 rings (SSSR count). The zero-order chi connectivity index (χ0) is 13.0. The fourth-order valence-electron chi connectivity index (χ4n) is 1.61. The lowest BCUT2D eigenvalue weighted by molar-refractivity contribution is 1.34. The van der Waals surface area contributed by atoms with Crippen LogP contribution in [0.1, 0.15) is 5.56 Å². The lowest BCUT2D eigenvalue weighted by Crippen LogP contribution is -2.04. The zero-order valence-corrected chi connectivity index (χ0v) is 12.7. The van der Waals surface area contributed by atoms with E-state index in [9.17, 15) is 0 Å². The lowest BCUT2D eigenvalue weighted by atomic mass is 10.1. The second-order valence-electron chi connectivity index (χ2n) is 3.95. The Hall–Kier alpha value is -1.00. The lowest BCUT2D eigenvalue weighted by Gasteiger charge is -2.11. The number of rotatable bonds is 4. The Labute approximate surface area is 126 Å². The van der Waals surface area contributed by atoms with Gasteiger partial charge >= 0.3 is 0 Å². The Bertz CT molecular complexity index is 552. The molecule has 1 N–H and O–H groups in total. The monoisotopic (exact) mass is 369 g/mol. The van der Waals surface area contributed by atoms with Gasteiger partial charge in [0.15, 0.2) is 0 Å². The predicted molar refractivity (Wildman–Crippen MR) is 88.1 cm³/mol. The van der Waals surface area contributed by atoms with Gasteiger partial charge in [0.05, 0.1) is 10.7 Å². The Morgan fingerprint density at radius 1 is 1.17 bits per heavy atom. The Morgan fingerprint density at radius 3 is 2.61 bits per heavy atom. The van der Waals surface area contributed by atoms with Crippen LogP contribution < -0.4 is 5.32 Å². The fourth-order valence-corrected chi connectivity index (χ4v) is 2.29. The predicted octanol–water partition coefficient (Wildman–Crippen LogP) is 5.07. The van der Waals surface area contributed by atoms with E-state index in [4.69, 9.17) is 11.6 Å². The molecule has 0 spiro atoms. The molecule has 1 nitrogen and oxygen atoms in total. The highest BCUT2D eigenvalue weighted by molar-refractivity contribution is 14.1. The van der Waals surface area contributed by atoms with Crippen molar-refractivity contribution in [3.8, 4) is 0 Å². The maximum atomic E-state index is 6.13. The number of benzene rings is 2. The third-order valence-electron chi connectivity index (χ3n) is 2.60. The van der Waals surface area contributed by atoms with Gasteiger partial charge in [0, 0.05) is 10.1 Å². The quantitative estimate of drug-likeness (QED) is 0.742. The molecule has 3 heteroatoms. The van der Waals surface area contributed by atoms with Gasteiger partial charge in [0.25, 0.3) is 0 Å². The maximum absolute atomic E-state index is 6.13. The van der Waals surface area contributed by atoms with Crippen LogP contribution in [-0.4, -0.2) is 6.54 Å². The molecule has 0 aliphatic rings. The maximum Gasteiger partial charge on any atom is 0.0638 e. The summed E-state index contributed by atoms with van der Waals surface area (Å²) in [6.07, 6.45) is 0. The molecule has 2 aromatic carbocycles. The first kappa shape index (κ1) is 13.4. The molecule has 0 unspecified atom stereocenters. The van der Waals surface area contributed by atoms with Crippen molar-refractivity contribution in [3.63, 3.8) is 0 Å². The molecule has 0 saturated heterocycles. The molecular weight excluding hydrogens is 357 g/mol. The van der Waals surface area contributed by atoms with E-state index in [1.54, 1.807) is 0 Å². The average molecular weight is 370 g/mol. The third kappa shape index (κ3) is 3.50. The standard InChI is InChI=1S/C15H13ClIN/c1-11(12-5-3-2-4-6-12)10-18-15-9-13(17)7-8-14(15)16/h2-9,18H,1,10H2. The van der Waals surface area contributed by atoms with Crippen molar-refractivity contribution in [3.05, 3.63) is 69.3 Å². The van der Waals surface area contributed by atoms with Crippen molar-refractivity contribution in [2.75, 3.05) is 11.9 Å². The molecule has 0 atom stereocenters. The van der Waals surface area contributed by atoms with Crippen molar-refractivity contribution in [1.82, 2.24) is 0 Å². The van der Waals surface area contributed by atoms with Gasteiger partial charge in [-0.25, -0.2) is 0 Å². The first-order chi connectivity index (χ1) is 8.66. The van der Waals surface area contributed by atoms with Crippen LogP contribution in [0.3, 0.4) is 0 Å². The van der Waals surface area contributed by atoms with Gasteiger partial charge < -0.3 is 5.32 Å². The molecule has 0 radical (unpaired) electrons. The highest BCUT2D eigenvalue weighted by Gasteiger charge is 2.02. The highest BCUT2D eigenvalue weighted by Crippen LogP contribution is 2.24. The molecule has 0 bridgehead atoms. The molecule has 0 saturated carbocycles. The fraction of sp³-hybridized carbons (Fsp3) is 0.0667. The molecule has 0 heterocycles. The van der Waals surface area contributed by atoms with Gasteiger partial charge in [-0.1, -0.05) is 48.5 Å². The summed E-state index contributed by atoms with van der Waals surface area (Å²) in [7, 11) is 0. The highest BCUT2D eigenvalue weighted by atomic mass is 127. The third-order valence-corrected chi connectivity index (χ3v) is 3.60. The molecule has 0 aromatic heterocycles. The molecule has 0 amide bonds. The van der Waals surface area contributed by atoms with E-state index in [-0.39, 0.29) is 0 Å². The topological polar surface area (TPSA) is 12.0 Å². The van der Waals surface area contributed by atoms with Gasteiger partial charge in [0.2, 0.25) is 0 Å². The van der Waals surface area contributed by atoms with Gasteiger partial charge in [-0.05, 0) is 51.9 Å². The summed E-state index contributed by atoms with van der Waals surface area (Å²) in [5.41, 5.74) is 3.14. The smallest absolute Gasteiger partial charge is 0.0638 e. The van der Waals surface area contributed by atoms with Crippen LogP contribution in [0.4, 0.5) is 5.69 Å². The summed E-state index contributed by atoms with van der Waals surface area (Å²) in [5.74, 6) is 0. The first-order valence-electron chi connectivity index (χ1n) is 5.59. The first-order valence-corrected chi connectivity index (χ1v) is 7.04. The molecule has 0 aliphatic carbocycles. The Morgan fingerprint density at radius 2 is 1.89 bits per heavy atom. The average Bonchev–Trinajstić information content (AvgIpc) is 2.40. The number of nitrogens with one attached hydrogen (secondary N) is 1. The number of hydrogen-bond acceptors (Lipinski definition) is 1. The summed E-state index contributed by atoms with van der Waals surface area (Å²) < 4.78 is 1.16. The van der Waals surface area contributed by atoms with E-state index in [0.717, 1.165) is 25.4 Å². The van der Waals surface area contributed by atoms with Gasteiger partial charge in [0.1, 0.15) is 0 Å². The van der Waals surface area contributed by atoms with Crippen LogP contribution in [0.2, 0.25) is 5.02 Å². The molecule has 0 aliphatic heterocycles. The Balaban J connectivity index is 2.04. The van der Waals surface area contributed by atoms with Gasteiger partial charge in [-0.2, -0.15) is 0 Å². The van der Waals surface area contributed by atoms with E-state index in [2.05, 4.69) is 46.6 Å². The van der Waals surface area contributed by atoms with E-state index in [1.165, 1.54) is 0 Å². The minimum atomic E-state index is 0.684. The summed E-state index contributed by atoms with van der Waals surface area (Å²) in [4.78, 5) is 0. The summed E-state index contributed by atoms with van der Waals surface area (Å²) in [6.45, 7) is 4.77. The molecule has 18 heavy (non-hydrogen) atoms. The minimum Gasteiger partial charge on any atom is -0.380 e. The van der Waals surface area contributed by atoms with E-state index < -0.39 is 0 Å². The van der Waals surface area contributed by atoms with Crippen LogP contribution in [-0.2, 0) is 0 Å². The summed E-state index contributed by atoms with van der Waals surface area (Å²) in [6, 6.07) is 16.1. The number of halogens is 2. The number of hydrogen-bond donors (Lipinski definition) is 1. The molecular formula is C15H13ClIN. The van der Waals surface area contributed by atoms with Gasteiger partial charge in [-0.3, -0.25) is 0 Å². The molecule has 0 fully saturated rings. The van der Waals surface area contributed by atoms with E-state index in [1.807, 2.05) is 36.4 Å². The summed E-state index contributed by atoms with van der Waals surface area (Å²) in [5, 5.41) is 4.05. The Kier molecular flexibility index (Phi) is 4.66. The minimum absolute atomic E-state index is 0.684. The van der Waals surface area contributed by atoms with Crippen molar-refractivity contribution in [1.29, 1.82) is 0 Å². The molecule has 92 valence electrons. The van der Waals surface area contributed by atoms with Gasteiger partial charge in [-0.15, -0.1) is 0 Å². The zero-order valence-electron chi connectivity index (χ0n) is 9.79. The van der Waals surface area contributed by atoms with Crippen molar-refractivity contribution >= 4 is 45.5 Å². The normalized spacial score (nSPS) is 10.1. The van der Waals surface area contributed by atoms with Crippen LogP contribution in [0.5, 0.6) is 0 Å². The van der Waals surface area contributed by atoms with Crippen LogP contribution in [0, 0.1) is 3.57 Å². The second kappa shape index (κ2) is 6.25. The van der Waals surface area contributed by atoms with Crippen molar-refractivity contribution in [2.45, 2.75) is 0 Å². The molecule has 2 aromatic rings. The summed E-state index contributed by atoms with van der Waals surface area (Å²) >= 11 is 8.40. The SMILES string of the molecule is C=C(CNc1cc(I)ccc1Cl)c1ccccc1. The number of anilines is 1. The van der Waals surface area contributed by atoms with Crippen LogP contribution in [0.25, 0.3) is 5.57 Å². The van der Waals surface area contributed by atoms with Crippen LogP contribution >= 0.6 is 34.2 Å². The second-order valence-corrected chi connectivity index (χ2v) is 5.60. The van der Waals surface area contributed by atoms with Crippen molar-refractivity contribution in [2.24, 2.45) is 0 Å². The van der Waals surface area contributed by atoms with Crippen LogP contribution in [0.15, 0.2) is 55.1 Å².